The molecule has 152 valence electrons. The highest BCUT2D eigenvalue weighted by molar-refractivity contribution is 5.45. The van der Waals surface area contributed by atoms with Crippen molar-refractivity contribution in [2.75, 3.05) is 46.5 Å². The van der Waals surface area contributed by atoms with E-state index in [0.29, 0.717) is 6.04 Å². The van der Waals surface area contributed by atoms with Gasteiger partial charge in [0.15, 0.2) is 0 Å². The fourth-order valence-corrected chi connectivity index (χ4v) is 4.42. The van der Waals surface area contributed by atoms with E-state index in [1.807, 2.05) is 29.2 Å². The third kappa shape index (κ3) is 4.74. The first-order valence-electron chi connectivity index (χ1n) is 10.5. The number of benzene rings is 1. The predicted octanol–water partition coefficient (Wildman–Crippen LogP) is 2.96. The van der Waals surface area contributed by atoms with E-state index in [2.05, 4.69) is 27.0 Å². The summed E-state index contributed by atoms with van der Waals surface area (Å²) in [5, 5.41) is 4.45. The molecule has 3 heterocycles. The van der Waals surface area contributed by atoms with Crippen molar-refractivity contribution in [1.29, 1.82) is 0 Å². The van der Waals surface area contributed by atoms with Gasteiger partial charge in [-0.1, -0.05) is 6.42 Å². The number of rotatable bonds is 7. The van der Waals surface area contributed by atoms with Crippen molar-refractivity contribution in [2.24, 2.45) is 0 Å². The second-order valence-corrected chi connectivity index (χ2v) is 7.81. The molecule has 0 radical (unpaired) electrons. The molecule has 0 aliphatic carbocycles. The number of aromatic nitrogens is 2. The van der Waals surface area contributed by atoms with Gasteiger partial charge < -0.3 is 9.47 Å². The maximum atomic E-state index is 5.50. The summed E-state index contributed by atoms with van der Waals surface area (Å²) in [5.74, 6) is 0.910. The number of hydrogen-bond donors (Lipinski definition) is 0. The second kappa shape index (κ2) is 9.54. The van der Waals surface area contributed by atoms with Gasteiger partial charge in [0.1, 0.15) is 5.75 Å². The summed E-state index contributed by atoms with van der Waals surface area (Å²) in [5.41, 5.74) is 2.42. The van der Waals surface area contributed by atoms with Crippen molar-refractivity contribution in [3.8, 4) is 11.4 Å². The fraction of sp³-hybridized carbons (Fsp3) is 0.591. The van der Waals surface area contributed by atoms with Crippen LogP contribution in [0.5, 0.6) is 5.75 Å². The van der Waals surface area contributed by atoms with Crippen molar-refractivity contribution < 1.29 is 9.47 Å². The molecule has 6 nitrogen and oxygen atoms in total. The summed E-state index contributed by atoms with van der Waals surface area (Å²) in [6.07, 6.45) is 9.01. The number of nitrogens with zero attached hydrogens (tertiary/aromatic N) is 4. The van der Waals surface area contributed by atoms with E-state index in [0.717, 1.165) is 44.3 Å². The summed E-state index contributed by atoms with van der Waals surface area (Å²) in [4.78, 5) is 5.22. The van der Waals surface area contributed by atoms with E-state index < -0.39 is 0 Å². The lowest BCUT2D eigenvalue weighted by atomic mass is 9.97. The Balaban J connectivity index is 1.47. The van der Waals surface area contributed by atoms with E-state index in [-0.39, 0.29) is 0 Å². The highest BCUT2D eigenvalue weighted by atomic mass is 16.5. The smallest absolute Gasteiger partial charge is 0.119 e. The quantitative estimate of drug-likeness (QED) is 0.734. The normalized spacial score (nSPS) is 21.7. The Morgan fingerprint density at radius 2 is 2.07 bits per heavy atom. The third-order valence-electron chi connectivity index (χ3n) is 6.04. The number of methoxy groups -OCH3 is 1. The van der Waals surface area contributed by atoms with E-state index in [1.54, 1.807) is 7.11 Å². The molecule has 28 heavy (non-hydrogen) atoms. The first kappa shape index (κ1) is 19.4. The van der Waals surface area contributed by atoms with E-state index >= 15 is 0 Å². The minimum atomic E-state index is 0.647. The number of likely N-dealkylation sites (tertiary alicyclic amines) is 1. The summed E-state index contributed by atoms with van der Waals surface area (Å²) < 4.78 is 13.0. The number of ether oxygens (including phenoxy) is 2. The molecule has 2 saturated heterocycles. The summed E-state index contributed by atoms with van der Waals surface area (Å²) in [7, 11) is 1.73. The van der Waals surface area contributed by atoms with Crippen LogP contribution in [0.25, 0.3) is 5.69 Å². The molecule has 0 saturated carbocycles. The highest BCUT2D eigenvalue weighted by Gasteiger charge is 2.24. The van der Waals surface area contributed by atoms with Gasteiger partial charge in [0, 0.05) is 38.1 Å². The molecule has 2 aliphatic heterocycles. The van der Waals surface area contributed by atoms with Gasteiger partial charge in [-0.25, -0.2) is 4.68 Å². The lowest BCUT2D eigenvalue weighted by Crippen LogP contribution is -2.43. The Morgan fingerprint density at radius 1 is 1.18 bits per heavy atom. The molecule has 0 bridgehead atoms. The zero-order valence-electron chi connectivity index (χ0n) is 16.9. The van der Waals surface area contributed by atoms with Crippen molar-refractivity contribution >= 4 is 0 Å². The van der Waals surface area contributed by atoms with Crippen LogP contribution in [0, 0.1) is 0 Å². The zero-order valence-corrected chi connectivity index (χ0v) is 16.9. The molecule has 0 amide bonds. The molecule has 6 heteroatoms. The van der Waals surface area contributed by atoms with E-state index in [1.165, 1.54) is 44.3 Å². The average molecular weight is 385 g/mol. The first-order chi connectivity index (χ1) is 13.8. The Labute approximate surface area is 168 Å². The molecule has 2 fully saturated rings. The molecule has 2 aliphatic rings. The Hall–Kier alpha value is -1.89. The molecule has 1 aromatic heterocycles. The largest absolute Gasteiger partial charge is 0.497 e. The predicted molar refractivity (Wildman–Crippen MR) is 110 cm³/mol. The maximum Gasteiger partial charge on any atom is 0.119 e. The van der Waals surface area contributed by atoms with Gasteiger partial charge in [-0.3, -0.25) is 9.80 Å². The Bertz CT molecular complexity index is 728. The number of hydrogen-bond acceptors (Lipinski definition) is 5. The number of morpholine rings is 1. The molecule has 0 spiro atoms. The van der Waals surface area contributed by atoms with Crippen LogP contribution < -0.4 is 4.74 Å². The minimum absolute atomic E-state index is 0.647. The van der Waals surface area contributed by atoms with Crippen LogP contribution in [0.4, 0.5) is 0 Å². The van der Waals surface area contributed by atoms with Crippen LogP contribution in [0.1, 0.15) is 31.2 Å². The van der Waals surface area contributed by atoms with Gasteiger partial charge in [0.05, 0.1) is 26.0 Å². The van der Waals surface area contributed by atoms with Crippen LogP contribution in [-0.4, -0.2) is 72.1 Å². The van der Waals surface area contributed by atoms with Gasteiger partial charge in [-0.2, -0.15) is 5.10 Å². The van der Waals surface area contributed by atoms with Crippen LogP contribution in [-0.2, 0) is 11.3 Å². The molecule has 4 rings (SSSR count). The van der Waals surface area contributed by atoms with Gasteiger partial charge in [0.25, 0.3) is 0 Å². The molecule has 2 aromatic rings. The number of piperidine rings is 1. The van der Waals surface area contributed by atoms with Gasteiger partial charge >= 0.3 is 0 Å². The van der Waals surface area contributed by atoms with Crippen molar-refractivity contribution in [1.82, 2.24) is 19.6 Å². The van der Waals surface area contributed by atoms with Crippen molar-refractivity contribution in [2.45, 2.75) is 38.3 Å². The first-order valence-corrected chi connectivity index (χ1v) is 10.5. The van der Waals surface area contributed by atoms with Crippen LogP contribution in [0.2, 0.25) is 0 Å². The third-order valence-corrected chi connectivity index (χ3v) is 6.04. The monoisotopic (exact) mass is 384 g/mol. The molecule has 1 atom stereocenters. The lowest BCUT2D eigenvalue weighted by molar-refractivity contribution is 0.0302. The SMILES string of the molecule is COc1ccc(-n2cccn2)c(CN2CCCCC2CCN2CCOCC2)c1. The maximum absolute atomic E-state index is 5.50. The fourth-order valence-electron chi connectivity index (χ4n) is 4.42. The summed E-state index contributed by atoms with van der Waals surface area (Å²) in [6.45, 7) is 7.20. The van der Waals surface area contributed by atoms with E-state index in [9.17, 15) is 0 Å². The summed E-state index contributed by atoms with van der Waals surface area (Å²) >= 11 is 0. The Morgan fingerprint density at radius 3 is 2.86 bits per heavy atom. The standard InChI is InChI=1S/C22H32N4O2/c1-27-21-6-7-22(26-11-4-9-23-26)19(17-21)18-25-10-3-2-5-20(25)8-12-24-13-15-28-16-14-24/h4,6-7,9,11,17,20H,2-3,5,8,10,12-16,18H2,1H3. The lowest BCUT2D eigenvalue weighted by Gasteiger charge is -2.38. The van der Waals surface area contributed by atoms with Crippen molar-refractivity contribution in [3.05, 3.63) is 42.2 Å². The molecule has 0 N–H and O–H groups in total. The Kier molecular flexibility index (Phi) is 6.62. The molecule has 1 aromatic carbocycles. The van der Waals surface area contributed by atoms with Gasteiger partial charge in [-0.05, 0) is 62.2 Å². The average Bonchev–Trinajstić information content (AvgIpc) is 3.28. The molecule has 1 unspecified atom stereocenters. The summed E-state index contributed by atoms with van der Waals surface area (Å²) in [6, 6.07) is 8.93. The van der Waals surface area contributed by atoms with Gasteiger partial charge in [-0.15, -0.1) is 0 Å². The van der Waals surface area contributed by atoms with Gasteiger partial charge in [0.2, 0.25) is 0 Å². The van der Waals surface area contributed by atoms with Crippen LogP contribution in [0.3, 0.4) is 0 Å². The van der Waals surface area contributed by atoms with E-state index in [4.69, 9.17) is 9.47 Å². The van der Waals surface area contributed by atoms with Crippen LogP contribution in [0.15, 0.2) is 36.7 Å². The minimum Gasteiger partial charge on any atom is -0.497 e. The van der Waals surface area contributed by atoms with Crippen molar-refractivity contribution in [3.63, 3.8) is 0 Å². The molecular weight excluding hydrogens is 352 g/mol. The molecular formula is C22H32N4O2. The topological polar surface area (TPSA) is 42.8 Å². The highest BCUT2D eigenvalue weighted by Crippen LogP contribution is 2.27. The van der Waals surface area contributed by atoms with Crippen LogP contribution >= 0.6 is 0 Å². The zero-order chi connectivity index (χ0) is 19.2. The second-order valence-electron chi connectivity index (χ2n) is 7.81.